The van der Waals surface area contributed by atoms with Gasteiger partial charge in [-0.3, -0.25) is 0 Å². The van der Waals surface area contributed by atoms with Gasteiger partial charge in [0.2, 0.25) is 0 Å². The molecule has 2 bridgehead atoms. The molecule has 3 heterocycles. The van der Waals surface area contributed by atoms with Crippen LogP contribution in [-0.4, -0.2) is 43.3 Å². The number of hydrogen-bond acceptors (Lipinski definition) is 4. The van der Waals surface area contributed by atoms with Crippen molar-refractivity contribution in [2.24, 2.45) is 5.92 Å². The van der Waals surface area contributed by atoms with E-state index >= 15 is 0 Å². The number of alkyl halides is 1. The predicted molar refractivity (Wildman–Crippen MR) is 118 cm³/mol. The van der Waals surface area contributed by atoms with Gasteiger partial charge in [0.25, 0.3) is 0 Å². The molecule has 1 aromatic carbocycles. The summed E-state index contributed by atoms with van der Waals surface area (Å²) in [6.45, 7) is 9.46. The van der Waals surface area contributed by atoms with E-state index in [1.165, 1.54) is 11.1 Å². The van der Waals surface area contributed by atoms with Crippen LogP contribution >= 0.6 is 11.6 Å². The van der Waals surface area contributed by atoms with Crippen molar-refractivity contribution in [1.29, 1.82) is 0 Å². The quantitative estimate of drug-likeness (QED) is 0.507. The van der Waals surface area contributed by atoms with Crippen LogP contribution < -0.4 is 9.47 Å². The molecule has 3 aliphatic rings. The van der Waals surface area contributed by atoms with E-state index in [0.29, 0.717) is 11.5 Å². The molecule has 6 heteroatoms. The fourth-order valence-electron chi connectivity index (χ4n) is 4.19. The van der Waals surface area contributed by atoms with Gasteiger partial charge in [-0.15, -0.1) is 0 Å². The monoisotopic (exact) mass is 428 g/mol. The molecule has 0 N–H and O–H groups in total. The zero-order valence-electron chi connectivity index (χ0n) is 17.8. The highest BCUT2D eigenvalue weighted by Crippen LogP contribution is 2.39. The van der Waals surface area contributed by atoms with Gasteiger partial charge in [0.1, 0.15) is 6.54 Å². The number of ether oxygens (including phenoxy) is 4. The van der Waals surface area contributed by atoms with Gasteiger partial charge in [-0.2, -0.15) is 0 Å². The van der Waals surface area contributed by atoms with Crippen LogP contribution in [0.4, 0.5) is 0 Å². The summed E-state index contributed by atoms with van der Waals surface area (Å²) < 4.78 is 24.9. The van der Waals surface area contributed by atoms with Crippen molar-refractivity contribution in [2.45, 2.75) is 25.5 Å². The summed E-state index contributed by atoms with van der Waals surface area (Å²) >= 11 is 6.23. The first-order valence-corrected chi connectivity index (χ1v) is 10.4. The summed E-state index contributed by atoms with van der Waals surface area (Å²) in [5, 5.41) is -1.19. The van der Waals surface area contributed by atoms with Gasteiger partial charge in [0.15, 0.2) is 35.8 Å². The zero-order valence-corrected chi connectivity index (χ0v) is 18.6. The first-order valence-electron chi connectivity index (χ1n) is 10.0. The molecule has 0 aliphatic carbocycles. The Morgan fingerprint density at radius 2 is 2.00 bits per heavy atom. The highest BCUT2D eigenvalue weighted by molar-refractivity contribution is 6.22. The van der Waals surface area contributed by atoms with Crippen LogP contribution in [0.5, 0.6) is 11.5 Å². The van der Waals surface area contributed by atoms with E-state index in [2.05, 4.69) is 42.5 Å². The van der Waals surface area contributed by atoms with Gasteiger partial charge in [-0.25, -0.2) is 4.58 Å². The Kier molecular flexibility index (Phi) is 5.41. The number of allylic oxidation sites excluding steroid dienone is 2. The lowest BCUT2D eigenvalue weighted by atomic mass is 9.89. The molecule has 0 saturated carbocycles. The Balaban J connectivity index is 1.76. The maximum absolute atomic E-state index is 6.23. The van der Waals surface area contributed by atoms with E-state index in [4.69, 9.17) is 30.5 Å². The van der Waals surface area contributed by atoms with Gasteiger partial charge in [-0.1, -0.05) is 25.1 Å². The van der Waals surface area contributed by atoms with Gasteiger partial charge in [0, 0.05) is 24.8 Å². The van der Waals surface area contributed by atoms with Crippen LogP contribution in [0.25, 0.3) is 6.08 Å². The number of fused-ring (bicyclic) bond motifs is 3. The number of benzene rings is 1. The van der Waals surface area contributed by atoms with Crippen molar-refractivity contribution in [3.05, 3.63) is 64.7 Å². The fourth-order valence-corrected chi connectivity index (χ4v) is 4.35. The third-order valence-electron chi connectivity index (χ3n) is 5.79. The maximum atomic E-state index is 6.23. The van der Waals surface area contributed by atoms with E-state index in [1.807, 2.05) is 6.07 Å². The average Bonchev–Trinajstić information content (AvgIpc) is 2.83. The summed E-state index contributed by atoms with van der Waals surface area (Å²) in [5.74, 6) is 2.94. The molecular weight excluding hydrogens is 402 g/mol. The molecule has 5 nitrogen and oxygen atoms in total. The maximum Gasteiger partial charge on any atom is 0.329 e. The lowest BCUT2D eigenvalue weighted by Gasteiger charge is -2.16. The normalized spacial score (nSPS) is 26.6. The SMILES string of the molecule is C=CC1=C(/C=C2/CC[N+]3=Cc4c(ccc(OC)c4OC)C=C(C3)C2C)OC(C)(Cl)O1. The molecule has 30 heavy (non-hydrogen) atoms. The topological polar surface area (TPSA) is 39.9 Å². The van der Waals surface area contributed by atoms with Gasteiger partial charge in [-0.05, 0) is 41.5 Å². The molecule has 158 valence electrons. The predicted octanol–water partition coefficient (Wildman–Crippen LogP) is 4.86. The zero-order chi connectivity index (χ0) is 21.5. The molecule has 4 rings (SSSR count). The minimum absolute atomic E-state index is 0.242. The van der Waals surface area contributed by atoms with E-state index < -0.39 is 5.25 Å². The summed E-state index contributed by atoms with van der Waals surface area (Å²) in [4.78, 5) is 0. The summed E-state index contributed by atoms with van der Waals surface area (Å²) in [6, 6.07) is 4.04. The first-order chi connectivity index (χ1) is 14.3. The highest BCUT2D eigenvalue weighted by atomic mass is 35.5. The molecule has 1 saturated heterocycles. The van der Waals surface area contributed by atoms with E-state index in [-0.39, 0.29) is 5.92 Å². The number of nitrogens with zero attached hydrogens (tertiary/aromatic N) is 1. The van der Waals surface area contributed by atoms with Crippen molar-refractivity contribution >= 4 is 23.9 Å². The second kappa shape index (κ2) is 7.88. The van der Waals surface area contributed by atoms with Crippen molar-refractivity contribution in [3.8, 4) is 11.5 Å². The highest BCUT2D eigenvalue weighted by Gasteiger charge is 2.36. The minimum atomic E-state index is -1.19. The van der Waals surface area contributed by atoms with Crippen LogP contribution in [0.2, 0.25) is 0 Å². The Hall–Kier alpha value is -2.66. The van der Waals surface area contributed by atoms with E-state index in [9.17, 15) is 0 Å². The molecule has 2 atom stereocenters. The number of halogens is 1. The second-order valence-electron chi connectivity index (χ2n) is 7.79. The molecular formula is C24H27ClNO4+. The number of rotatable bonds is 4. The van der Waals surface area contributed by atoms with Gasteiger partial charge in [0.05, 0.1) is 19.8 Å². The van der Waals surface area contributed by atoms with Crippen molar-refractivity contribution in [2.75, 3.05) is 27.3 Å². The lowest BCUT2D eigenvalue weighted by Crippen LogP contribution is -2.17. The van der Waals surface area contributed by atoms with Crippen LogP contribution in [0.3, 0.4) is 0 Å². The first kappa shape index (κ1) is 20.6. The van der Waals surface area contributed by atoms with Crippen molar-refractivity contribution in [1.82, 2.24) is 0 Å². The van der Waals surface area contributed by atoms with Crippen molar-refractivity contribution < 1.29 is 23.5 Å². The second-order valence-corrected chi connectivity index (χ2v) is 8.47. The molecule has 1 fully saturated rings. The average molecular weight is 429 g/mol. The van der Waals surface area contributed by atoms with Crippen LogP contribution in [0, 0.1) is 5.92 Å². The molecule has 2 unspecified atom stereocenters. The smallest absolute Gasteiger partial charge is 0.329 e. The standard InChI is InChI=1S/C24H27ClNO4/c1-6-20-22(30-24(3,25)29-20)12-16-9-10-26-13-18(15(16)2)11-17-7-8-21(27-4)23(28-5)19(17)14-26/h6-8,11-12,14-15H,1,9-10,13H2,2-5H3/q+1/b16-12-. The Bertz CT molecular complexity index is 1020. The third kappa shape index (κ3) is 3.74. The van der Waals surface area contributed by atoms with E-state index in [1.54, 1.807) is 27.2 Å². The fraction of sp³-hybridized carbons (Fsp3) is 0.375. The lowest BCUT2D eigenvalue weighted by molar-refractivity contribution is -0.512. The summed E-state index contributed by atoms with van der Waals surface area (Å²) in [6.07, 6.45) is 9.03. The minimum Gasteiger partial charge on any atom is -0.493 e. The Morgan fingerprint density at radius 3 is 2.70 bits per heavy atom. The molecule has 0 amide bonds. The van der Waals surface area contributed by atoms with Crippen molar-refractivity contribution in [3.63, 3.8) is 0 Å². The van der Waals surface area contributed by atoms with E-state index in [0.717, 1.165) is 42.1 Å². The van der Waals surface area contributed by atoms with Gasteiger partial charge < -0.3 is 18.9 Å². The molecule has 3 aliphatic heterocycles. The van der Waals surface area contributed by atoms with Gasteiger partial charge >= 0.3 is 5.25 Å². The molecule has 1 aromatic rings. The largest absolute Gasteiger partial charge is 0.493 e. The van der Waals surface area contributed by atoms with Crippen LogP contribution in [0.1, 0.15) is 31.4 Å². The Labute approximate surface area is 182 Å². The van der Waals surface area contributed by atoms with Crippen LogP contribution in [0.15, 0.2) is 53.5 Å². The summed E-state index contributed by atoms with van der Waals surface area (Å²) in [7, 11) is 3.34. The van der Waals surface area contributed by atoms with Crippen LogP contribution in [-0.2, 0) is 9.47 Å². The molecule has 0 radical (unpaired) electrons. The summed E-state index contributed by atoms with van der Waals surface area (Å²) in [5.41, 5.74) is 4.77. The third-order valence-corrected chi connectivity index (χ3v) is 5.94. The molecule has 0 spiro atoms. The number of hydrogen-bond donors (Lipinski definition) is 0. The Morgan fingerprint density at radius 1 is 1.23 bits per heavy atom. The number of methoxy groups -OCH3 is 2. The molecule has 0 aromatic heterocycles.